The molecule has 2 N–H and O–H groups in total. The Balaban J connectivity index is 2.09. The van der Waals surface area contributed by atoms with Gasteiger partial charge in [0.05, 0.1) is 0 Å². The highest BCUT2D eigenvalue weighted by atomic mass is 35.5. The molecule has 1 amide bonds. The van der Waals surface area contributed by atoms with Gasteiger partial charge < -0.3 is 10.6 Å². The summed E-state index contributed by atoms with van der Waals surface area (Å²) >= 11 is 10.7. The highest BCUT2D eigenvalue weighted by molar-refractivity contribution is 7.80. The fourth-order valence-corrected chi connectivity index (χ4v) is 1.96. The van der Waals surface area contributed by atoms with E-state index >= 15 is 0 Å². The molecule has 0 aliphatic carbocycles. The van der Waals surface area contributed by atoms with E-state index in [4.69, 9.17) is 23.8 Å². The van der Waals surface area contributed by atoms with E-state index in [1.165, 1.54) is 0 Å². The van der Waals surface area contributed by atoms with Crippen molar-refractivity contribution in [2.24, 2.45) is 0 Å². The smallest absolute Gasteiger partial charge is 0.249 e. The molecule has 1 saturated heterocycles. The molecule has 1 aromatic rings. The van der Waals surface area contributed by atoms with Crippen LogP contribution in [0, 0.1) is 0 Å². The van der Waals surface area contributed by atoms with Crippen LogP contribution >= 0.6 is 23.8 Å². The van der Waals surface area contributed by atoms with Gasteiger partial charge in [0.1, 0.15) is 6.04 Å². The number of nitrogens with one attached hydrogen (secondary N) is 2. The third-order valence-corrected chi connectivity index (χ3v) is 2.64. The first-order chi connectivity index (χ1) is 7.15. The van der Waals surface area contributed by atoms with E-state index in [2.05, 4.69) is 10.6 Å². The highest BCUT2D eigenvalue weighted by Gasteiger charge is 2.26. The maximum atomic E-state index is 11.4. The van der Waals surface area contributed by atoms with Gasteiger partial charge in [-0.25, -0.2) is 0 Å². The lowest BCUT2D eigenvalue weighted by molar-refractivity contribution is -0.120. The number of carbonyl (C=O) groups excluding carboxylic acids is 1. The highest BCUT2D eigenvalue weighted by Crippen LogP contribution is 2.13. The van der Waals surface area contributed by atoms with Crippen LogP contribution in [0.1, 0.15) is 5.56 Å². The van der Waals surface area contributed by atoms with Crippen LogP contribution in [0.2, 0.25) is 5.02 Å². The molecule has 0 saturated carbocycles. The number of hydrogen-bond acceptors (Lipinski definition) is 2. The third kappa shape index (κ3) is 2.46. The number of amides is 1. The Morgan fingerprint density at radius 2 is 2.27 bits per heavy atom. The van der Waals surface area contributed by atoms with Crippen molar-refractivity contribution in [3.8, 4) is 0 Å². The summed E-state index contributed by atoms with van der Waals surface area (Å²) < 4.78 is 0. The van der Waals surface area contributed by atoms with Gasteiger partial charge >= 0.3 is 0 Å². The Morgan fingerprint density at radius 3 is 2.87 bits per heavy atom. The first-order valence-corrected chi connectivity index (χ1v) is 5.29. The molecule has 1 heterocycles. The number of benzene rings is 1. The van der Waals surface area contributed by atoms with E-state index in [1.54, 1.807) is 6.07 Å². The lowest BCUT2D eigenvalue weighted by Crippen LogP contribution is -2.30. The van der Waals surface area contributed by atoms with Crippen molar-refractivity contribution in [1.82, 2.24) is 10.6 Å². The standard InChI is InChI=1S/C10H9ClN2OS/c11-7-3-1-2-6(4-7)5-8-9(14)13-10(15)12-8/h1-4,8H,5H2,(H2,12,13,14,15)/t8-/m0/s1. The summed E-state index contributed by atoms with van der Waals surface area (Å²) in [6, 6.07) is 7.16. The van der Waals surface area contributed by atoms with Crippen molar-refractivity contribution in [2.75, 3.05) is 0 Å². The van der Waals surface area contributed by atoms with Crippen molar-refractivity contribution in [2.45, 2.75) is 12.5 Å². The summed E-state index contributed by atoms with van der Waals surface area (Å²) in [6.07, 6.45) is 0.590. The first-order valence-electron chi connectivity index (χ1n) is 4.51. The van der Waals surface area contributed by atoms with E-state index in [-0.39, 0.29) is 11.9 Å². The predicted octanol–water partition coefficient (Wildman–Crippen LogP) is 1.26. The average molecular weight is 241 g/mol. The van der Waals surface area contributed by atoms with Crippen molar-refractivity contribution >= 4 is 34.8 Å². The molecule has 1 fully saturated rings. The van der Waals surface area contributed by atoms with Gasteiger partial charge in [0.25, 0.3) is 0 Å². The average Bonchev–Trinajstić information content (AvgIpc) is 2.45. The predicted molar refractivity (Wildman–Crippen MR) is 62.8 cm³/mol. The van der Waals surface area contributed by atoms with E-state index in [9.17, 15) is 4.79 Å². The molecule has 1 atom stereocenters. The van der Waals surface area contributed by atoms with E-state index in [0.717, 1.165) is 5.56 Å². The first kappa shape index (κ1) is 10.4. The van der Waals surface area contributed by atoms with Crippen LogP contribution in [0.3, 0.4) is 0 Å². The summed E-state index contributed by atoms with van der Waals surface area (Å²) in [5, 5.41) is 6.52. The summed E-state index contributed by atoms with van der Waals surface area (Å²) in [5.74, 6) is -0.0834. The van der Waals surface area contributed by atoms with Gasteiger partial charge in [0, 0.05) is 11.4 Å². The monoisotopic (exact) mass is 240 g/mol. The number of halogens is 1. The van der Waals surface area contributed by atoms with Crippen molar-refractivity contribution < 1.29 is 4.79 Å². The van der Waals surface area contributed by atoms with Crippen LogP contribution < -0.4 is 10.6 Å². The molecule has 3 nitrogen and oxygen atoms in total. The maximum Gasteiger partial charge on any atom is 0.249 e. The van der Waals surface area contributed by atoms with Crippen LogP contribution in [0.25, 0.3) is 0 Å². The topological polar surface area (TPSA) is 41.1 Å². The molecule has 1 aliphatic heterocycles. The van der Waals surface area contributed by atoms with Crippen molar-refractivity contribution in [3.63, 3.8) is 0 Å². The fourth-order valence-electron chi connectivity index (χ4n) is 1.50. The quantitative estimate of drug-likeness (QED) is 0.765. The van der Waals surface area contributed by atoms with Gasteiger partial charge in [-0.15, -0.1) is 0 Å². The summed E-state index contributed by atoms with van der Waals surface area (Å²) in [4.78, 5) is 11.4. The fraction of sp³-hybridized carbons (Fsp3) is 0.200. The molecule has 0 bridgehead atoms. The van der Waals surface area contributed by atoms with Crippen LogP contribution in [-0.4, -0.2) is 17.1 Å². The van der Waals surface area contributed by atoms with Gasteiger partial charge in [0.2, 0.25) is 5.91 Å². The van der Waals surface area contributed by atoms with Gasteiger partial charge in [0.15, 0.2) is 5.11 Å². The minimum atomic E-state index is -0.282. The minimum absolute atomic E-state index is 0.0834. The largest absolute Gasteiger partial charge is 0.350 e. The summed E-state index contributed by atoms with van der Waals surface area (Å²) in [7, 11) is 0. The van der Waals surface area contributed by atoms with Crippen LogP contribution in [0.4, 0.5) is 0 Å². The molecule has 1 aromatic carbocycles. The Bertz CT molecular complexity index is 422. The second-order valence-electron chi connectivity index (χ2n) is 3.35. The van der Waals surface area contributed by atoms with Gasteiger partial charge in [-0.1, -0.05) is 23.7 Å². The molecule has 0 unspecified atom stereocenters. The molecular weight excluding hydrogens is 232 g/mol. The number of carbonyl (C=O) groups is 1. The molecular formula is C10H9ClN2OS. The van der Waals surface area contributed by atoms with Crippen molar-refractivity contribution in [3.05, 3.63) is 34.9 Å². The molecule has 15 heavy (non-hydrogen) atoms. The minimum Gasteiger partial charge on any atom is -0.350 e. The van der Waals surface area contributed by atoms with E-state index in [0.29, 0.717) is 16.6 Å². The third-order valence-electron chi connectivity index (χ3n) is 2.19. The SMILES string of the molecule is O=C1NC(=S)N[C@H]1Cc1cccc(Cl)c1. The molecule has 2 rings (SSSR count). The second kappa shape index (κ2) is 4.16. The Morgan fingerprint density at radius 1 is 1.47 bits per heavy atom. The second-order valence-corrected chi connectivity index (χ2v) is 4.19. The number of hydrogen-bond donors (Lipinski definition) is 2. The number of rotatable bonds is 2. The van der Waals surface area contributed by atoms with Crippen LogP contribution in [-0.2, 0) is 11.2 Å². The molecule has 1 aliphatic rings. The van der Waals surface area contributed by atoms with Crippen LogP contribution in [0.5, 0.6) is 0 Å². The number of thiocarbonyl (C=S) groups is 1. The normalized spacial score (nSPS) is 19.9. The van der Waals surface area contributed by atoms with Gasteiger partial charge in [-0.05, 0) is 29.9 Å². The van der Waals surface area contributed by atoms with Gasteiger partial charge in [-0.2, -0.15) is 0 Å². The maximum absolute atomic E-state index is 11.4. The zero-order valence-electron chi connectivity index (χ0n) is 7.79. The van der Waals surface area contributed by atoms with Crippen molar-refractivity contribution in [1.29, 1.82) is 0 Å². The van der Waals surface area contributed by atoms with E-state index in [1.807, 2.05) is 18.2 Å². The Labute approximate surface area is 97.8 Å². The Hall–Kier alpha value is -1.13. The zero-order valence-corrected chi connectivity index (χ0v) is 9.36. The summed E-state index contributed by atoms with van der Waals surface area (Å²) in [5.41, 5.74) is 1.01. The molecule has 0 radical (unpaired) electrons. The van der Waals surface area contributed by atoms with E-state index < -0.39 is 0 Å². The Kier molecular flexibility index (Phi) is 2.88. The molecule has 78 valence electrons. The molecule has 5 heteroatoms. The summed E-state index contributed by atoms with van der Waals surface area (Å²) in [6.45, 7) is 0. The molecule has 0 spiro atoms. The lowest BCUT2D eigenvalue weighted by Gasteiger charge is -2.07. The van der Waals surface area contributed by atoms with Gasteiger partial charge in [-0.3, -0.25) is 4.79 Å². The van der Waals surface area contributed by atoms with Crippen LogP contribution in [0.15, 0.2) is 24.3 Å². The molecule has 0 aromatic heterocycles. The lowest BCUT2D eigenvalue weighted by atomic mass is 10.1. The zero-order chi connectivity index (χ0) is 10.8.